The summed E-state index contributed by atoms with van der Waals surface area (Å²) in [5.41, 5.74) is 2.05. The number of nitrogens with zero attached hydrogens (tertiary/aromatic N) is 3. The Morgan fingerprint density at radius 3 is 2.47 bits per heavy atom. The van der Waals surface area contributed by atoms with Crippen LogP contribution in [0.2, 0.25) is 0 Å². The number of aromatic nitrogens is 2. The average Bonchev–Trinajstić information content (AvgIpc) is 2.99. The first-order valence-electron chi connectivity index (χ1n) is 5.99. The fourth-order valence-electron chi connectivity index (χ4n) is 2.28. The van der Waals surface area contributed by atoms with Gasteiger partial charge in [-0.15, -0.1) is 0 Å². The molecule has 2 N–H and O–H groups in total. The molecule has 0 spiro atoms. The van der Waals surface area contributed by atoms with Crippen LogP contribution in [-0.2, 0) is 0 Å². The molecule has 3 rings (SSSR count). The molecule has 1 aliphatic rings. The Hall–Kier alpha value is -1.97. The minimum absolute atomic E-state index is 0.876. The Bertz CT molecular complexity index is 497. The monoisotopic (exact) mass is 228 g/mol. The number of benzene rings is 1. The Morgan fingerprint density at radius 1 is 1.06 bits per heavy atom. The van der Waals surface area contributed by atoms with E-state index in [0.29, 0.717) is 0 Å². The van der Waals surface area contributed by atoms with Crippen LogP contribution in [0, 0.1) is 0 Å². The number of nitrogens with two attached hydrogens (primary N) is 1. The van der Waals surface area contributed by atoms with Crippen LogP contribution in [-0.4, -0.2) is 22.7 Å². The van der Waals surface area contributed by atoms with Gasteiger partial charge in [-0.25, -0.2) is 9.66 Å². The first-order valence-corrected chi connectivity index (χ1v) is 5.99. The van der Waals surface area contributed by atoms with Gasteiger partial charge in [0.25, 0.3) is 0 Å². The number of imidazole rings is 1. The van der Waals surface area contributed by atoms with E-state index in [1.807, 2.05) is 24.4 Å². The summed E-state index contributed by atoms with van der Waals surface area (Å²) in [5.74, 6) is 6.85. The SMILES string of the molecule is Nn1cc(-c2ccccc2)nc1N1CCCC1. The molecular weight excluding hydrogens is 212 g/mol. The lowest BCUT2D eigenvalue weighted by Gasteiger charge is -2.15. The smallest absolute Gasteiger partial charge is 0.224 e. The zero-order chi connectivity index (χ0) is 11.7. The lowest BCUT2D eigenvalue weighted by Crippen LogP contribution is -2.24. The van der Waals surface area contributed by atoms with Crippen molar-refractivity contribution in [3.8, 4) is 11.3 Å². The maximum Gasteiger partial charge on any atom is 0.224 e. The summed E-state index contributed by atoms with van der Waals surface area (Å²) >= 11 is 0. The van der Waals surface area contributed by atoms with Crippen molar-refractivity contribution in [2.45, 2.75) is 12.8 Å². The topological polar surface area (TPSA) is 47.1 Å². The highest BCUT2D eigenvalue weighted by Gasteiger charge is 2.18. The molecule has 1 aromatic heterocycles. The van der Waals surface area contributed by atoms with Gasteiger partial charge in [0.15, 0.2) is 0 Å². The molecule has 4 nitrogen and oxygen atoms in total. The highest BCUT2D eigenvalue weighted by molar-refractivity contribution is 5.61. The molecule has 1 saturated heterocycles. The van der Waals surface area contributed by atoms with Crippen LogP contribution in [0.15, 0.2) is 36.5 Å². The van der Waals surface area contributed by atoms with Gasteiger partial charge in [-0.3, -0.25) is 0 Å². The van der Waals surface area contributed by atoms with E-state index in [1.165, 1.54) is 12.8 Å². The highest BCUT2D eigenvalue weighted by Crippen LogP contribution is 2.23. The Balaban J connectivity index is 1.95. The third kappa shape index (κ3) is 1.86. The van der Waals surface area contributed by atoms with Crippen molar-refractivity contribution in [2.24, 2.45) is 0 Å². The van der Waals surface area contributed by atoms with Gasteiger partial charge < -0.3 is 10.7 Å². The van der Waals surface area contributed by atoms with E-state index in [-0.39, 0.29) is 0 Å². The minimum Gasteiger partial charge on any atom is -0.341 e. The Labute approximate surface area is 101 Å². The maximum absolute atomic E-state index is 5.97. The van der Waals surface area contributed by atoms with E-state index < -0.39 is 0 Å². The lowest BCUT2D eigenvalue weighted by molar-refractivity contribution is 0.856. The summed E-state index contributed by atoms with van der Waals surface area (Å²) in [6.45, 7) is 2.12. The fraction of sp³-hybridized carbons (Fsp3) is 0.308. The second-order valence-electron chi connectivity index (χ2n) is 4.39. The van der Waals surface area contributed by atoms with Crippen molar-refractivity contribution in [1.82, 2.24) is 9.66 Å². The Kier molecular flexibility index (Phi) is 2.48. The van der Waals surface area contributed by atoms with Crippen LogP contribution in [0.25, 0.3) is 11.3 Å². The molecule has 1 aliphatic heterocycles. The number of hydrogen-bond acceptors (Lipinski definition) is 3. The maximum atomic E-state index is 5.97. The zero-order valence-electron chi connectivity index (χ0n) is 9.71. The molecule has 1 aromatic carbocycles. The molecule has 88 valence electrons. The van der Waals surface area contributed by atoms with E-state index in [0.717, 1.165) is 30.3 Å². The van der Waals surface area contributed by atoms with Gasteiger partial charge in [0.2, 0.25) is 5.95 Å². The van der Waals surface area contributed by atoms with Gasteiger partial charge in [-0.1, -0.05) is 30.3 Å². The van der Waals surface area contributed by atoms with Crippen molar-refractivity contribution in [3.05, 3.63) is 36.5 Å². The molecule has 17 heavy (non-hydrogen) atoms. The summed E-state index contributed by atoms with van der Waals surface area (Å²) in [5, 5.41) is 0. The normalized spacial score (nSPS) is 15.4. The molecule has 2 aromatic rings. The second-order valence-corrected chi connectivity index (χ2v) is 4.39. The summed E-state index contributed by atoms with van der Waals surface area (Å²) in [7, 11) is 0. The summed E-state index contributed by atoms with van der Waals surface area (Å²) in [6.07, 6.45) is 4.35. The van der Waals surface area contributed by atoms with Crippen LogP contribution in [0.1, 0.15) is 12.8 Å². The average molecular weight is 228 g/mol. The van der Waals surface area contributed by atoms with E-state index in [2.05, 4.69) is 22.0 Å². The van der Waals surface area contributed by atoms with Crippen molar-refractivity contribution >= 4 is 5.95 Å². The molecule has 0 amide bonds. The van der Waals surface area contributed by atoms with Crippen LogP contribution >= 0.6 is 0 Å². The molecule has 1 fully saturated rings. The molecule has 0 radical (unpaired) electrons. The molecular formula is C13H16N4. The van der Waals surface area contributed by atoms with E-state index in [1.54, 1.807) is 4.68 Å². The molecule has 0 saturated carbocycles. The minimum atomic E-state index is 0.876. The Morgan fingerprint density at radius 2 is 1.76 bits per heavy atom. The van der Waals surface area contributed by atoms with Gasteiger partial charge in [-0.2, -0.15) is 0 Å². The number of rotatable bonds is 2. The quantitative estimate of drug-likeness (QED) is 0.798. The molecule has 0 aliphatic carbocycles. The third-order valence-corrected chi connectivity index (χ3v) is 3.17. The third-order valence-electron chi connectivity index (χ3n) is 3.17. The largest absolute Gasteiger partial charge is 0.341 e. The molecule has 4 heteroatoms. The predicted octanol–water partition coefficient (Wildman–Crippen LogP) is 1.86. The van der Waals surface area contributed by atoms with Gasteiger partial charge >= 0.3 is 0 Å². The van der Waals surface area contributed by atoms with Crippen molar-refractivity contribution in [3.63, 3.8) is 0 Å². The summed E-state index contributed by atoms with van der Waals surface area (Å²) < 4.78 is 1.63. The second kappa shape index (κ2) is 4.13. The van der Waals surface area contributed by atoms with Crippen LogP contribution in [0.5, 0.6) is 0 Å². The van der Waals surface area contributed by atoms with Crippen molar-refractivity contribution < 1.29 is 0 Å². The van der Waals surface area contributed by atoms with Crippen LogP contribution in [0.4, 0.5) is 5.95 Å². The fourth-order valence-corrected chi connectivity index (χ4v) is 2.28. The summed E-state index contributed by atoms with van der Waals surface area (Å²) in [6, 6.07) is 10.1. The van der Waals surface area contributed by atoms with E-state index >= 15 is 0 Å². The first-order chi connectivity index (χ1) is 8.34. The van der Waals surface area contributed by atoms with Crippen LogP contribution in [0.3, 0.4) is 0 Å². The van der Waals surface area contributed by atoms with Gasteiger partial charge in [-0.05, 0) is 12.8 Å². The molecule has 0 bridgehead atoms. The van der Waals surface area contributed by atoms with E-state index in [9.17, 15) is 0 Å². The molecule has 2 heterocycles. The summed E-state index contributed by atoms with van der Waals surface area (Å²) in [4.78, 5) is 6.87. The van der Waals surface area contributed by atoms with E-state index in [4.69, 9.17) is 5.84 Å². The van der Waals surface area contributed by atoms with Gasteiger partial charge in [0.05, 0.1) is 11.9 Å². The first kappa shape index (κ1) is 10.2. The number of nitrogen functional groups attached to an aromatic ring is 1. The van der Waals surface area contributed by atoms with Gasteiger partial charge in [0.1, 0.15) is 0 Å². The lowest BCUT2D eigenvalue weighted by atomic mass is 10.2. The van der Waals surface area contributed by atoms with Gasteiger partial charge in [0, 0.05) is 18.7 Å². The van der Waals surface area contributed by atoms with Crippen molar-refractivity contribution in [1.29, 1.82) is 0 Å². The standard InChI is InChI=1S/C13H16N4/c14-17-10-12(11-6-2-1-3-7-11)15-13(17)16-8-4-5-9-16/h1-3,6-7,10H,4-5,8-9,14H2. The molecule has 0 unspecified atom stereocenters. The molecule has 0 atom stereocenters. The number of anilines is 1. The number of hydrogen-bond donors (Lipinski definition) is 1. The van der Waals surface area contributed by atoms with Crippen molar-refractivity contribution in [2.75, 3.05) is 23.8 Å². The zero-order valence-corrected chi connectivity index (χ0v) is 9.71. The predicted molar refractivity (Wildman–Crippen MR) is 69.3 cm³/mol. The highest BCUT2D eigenvalue weighted by atomic mass is 15.4. The van der Waals surface area contributed by atoms with Crippen LogP contribution < -0.4 is 10.7 Å².